The summed E-state index contributed by atoms with van der Waals surface area (Å²) in [5.74, 6) is 3.38. The number of aryl methyl sites for hydroxylation is 4. The van der Waals surface area contributed by atoms with Gasteiger partial charge >= 0.3 is 11.9 Å². The topological polar surface area (TPSA) is 213 Å². The predicted molar refractivity (Wildman–Crippen MR) is 238 cm³/mol. The molecule has 2 aliphatic carbocycles. The van der Waals surface area contributed by atoms with Crippen LogP contribution in [-0.2, 0) is 25.7 Å². The first-order valence-electron chi connectivity index (χ1n) is 18.2. The number of halogens is 2. The molecule has 0 bridgehead atoms. The number of hydrogen-bond acceptors (Lipinski definition) is 12. The molecule has 0 saturated heterocycles. The highest BCUT2D eigenvalue weighted by molar-refractivity contribution is 7.80. The molecule has 0 spiro atoms. The number of anilines is 2. The fraction of sp³-hybridized carbons (Fsp3) is 0.143. The summed E-state index contributed by atoms with van der Waals surface area (Å²) in [4.78, 5) is 42.0. The number of aliphatic imine (C=N–C) groups is 1. The molecule has 2 aliphatic rings. The molecule has 0 radical (unpaired) electrons. The third kappa shape index (κ3) is 10.6. The van der Waals surface area contributed by atoms with Crippen molar-refractivity contribution in [1.29, 1.82) is 0 Å². The van der Waals surface area contributed by atoms with Gasteiger partial charge in [-0.25, -0.2) is 30.4 Å². The van der Waals surface area contributed by atoms with E-state index in [1.54, 1.807) is 6.20 Å². The average molecular weight is 880 g/mol. The predicted octanol–water partition coefficient (Wildman–Crippen LogP) is 7.60. The first-order chi connectivity index (χ1) is 29.1. The summed E-state index contributed by atoms with van der Waals surface area (Å²) in [5.41, 5.74) is 17.7. The standard InChI is InChI=1S/C21H18ClN5O2S.C15H12N2S.C6H6ClN3O2/c22-17-9-14(20(28)29)10-24-19(17)26-27-21(30)25-18-15-4-2-1-3-12(15)5-6-13-7-8-23-11-16(13)18;18-10-17-15-13-4-2-1-3-11(13)5-6-12-9-16-8-7-14(12)15;7-4-1-3(6(11)12)2-9-5(4)10-8/h1-4,7-11,18H,5-6H2,(H,24,26)(H,28,29)(H2,25,27,30);1-4,7-9,15H,5-6H2;1-2H,8H2,(H,9,10)(H,11,12). The number of hydrazine groups is 2. The lowest BCUT2D eigenvalue weighted by Gasteiger charge is -2.23. The van der Waals surface area contributed by atoms with E-state index in [9.17, 15) is 9.59 Å². The highest BCUT2D eigenvalue weighted by Gasteiger charge is 2.25. The number of isothiocyanates is 1. The fourth-order valence-electron chi connectivity index (χ4n) is 6.72. The number of carboxylic acids is 2. The number of pyridine rings is 4. The zero-order chi connectivity index (χ0) is 42.6. The monoisotopic (exact) mass is 878 g/mol. The van der Waals surface area contributed by atoms with Crippen molar-refractivity contribution in [3.8, 4) is 0 Å². The Balaban J connectivity index is 0.000000170. The van der Waals surface area contributed by atoms with Crippen LogP contribution in [0.15, 0.2) is 115 Å². The summed E-state index contributed by atoms with van der Waals surface area (Å²) in [5, 5.41) is 24.1. The van der Waals surface area contributed by atoms with Gasteiger partial charge in [0, 0.05) is 42.7 Å². The molecule has 0 fully saturated rings. The minimum Gasteiger partial charge on any atom is -0.478 e. The van der Waals surface area contributed by atoms with Crippen LogP contribution in [0, 0.1) is 0 Å². The Morgan fingerprint density at radius 3 is 1.87 bits per heavy atom. The van der Waals surface area contributed by atoms with Gasteiger partial charge in [-0.1, -0.05) is 71.7 Å². The lowest BCUT2D eigenvalue weighted by Crippen LogP contribution is -2.41. The Labute approximate surface area is 365 Å². The molecule has 8 N–H and O–H groups in total. The number of aromatic nitrogens is 4. The molecule has 4 aromatic heterocycles. The molecule has 2 unspecified atom stereocenters. The molecule has 14 nitrogen and oxygen atoms in total. The van der Waals surface area contributed by atoms with Crippen molar-refractivity contribution >= 4 is 81.5 Å². The zero-order valence-corrected chi connectivity index (χ0v) is 34.6. The van der Waals surface area contributed by atoms with Crippen LogP contribution < -0.4 is 27.4 Å². The summed E-state index contributed by atoms with van der Waals surface area (Å²) in [7, 11) is 0. The molecular weight excluding hydrogens is 844 g/mol. The SMILES string of the molecule is NNc1ncc(C(=O)O)cc1Cl.O=C(O)c1cnc(NNC(=S)NC2c3ccccc3CCc3ccncc32)c(Cl)c1.S=C=NC1c2ccccc2CCc2cnccc21. The van der Waals surface area contributed by atoms with Crippen LogP contribution >= 0.6 is 47.6 Å². The molecule has 60 heavy (non-hydrogen) atoms. The van der Waals surface area contributed by atoms with E-state index in [-0.39, 0.29) is 44.9 Å². The van der Waals surface area contributed by atoms with Gasteiger partial charge in [0.2, 0.25) is 0 Å². The third-order valence-electron chi connectivity index (χ3n) is 9.60. The maximum Gasteiger partial charge on any atom is 0.337 e. The van der Waals surface area contributed by atoms with Gasteiger partial charge in [0.25, 0.3) is 0 Å². The van der Waals surface area contributed by atoms with Crippen LogP contribution in [0.4, 0.5) is 11.6 Å². The van der Waals surface area contributed by atoms with Crippen molar-refractivity contribution in [3.63, 3.8) is 0 Å². The van der Waals surface area contributed by atoms with Gasteiger partial charge in [-0.15, -0.1) is 0 Å². The largest absolute Gasteiger partial charge is 0.478 e. The number of rotatable bonds is 7. The highest BCUT2D eigenvalue weighted by Crippen LogP contribution is 2.35. The smallest absolute Gasteiger partial charge is 0.337 e. The Hall–Kier alpha value is -6.39. The number of aromatic carboxylic acids is 2. The quantitative estimate of drug-likeness (QED) is 0.0356. The van der Waals surface area contributed by atoms with E-state index >= 15 is 0 Å². The molecule has 0 aliphatic heterocycles. The average Bonchev–Trinajstić information content (AvgIpc) is 3.52. The van der Waals surface area contributed by atoms with Crippen molar-refractivity contribution in [1.82, 2.24) is 30.7 Å². The second kappa shape index (κ2) is 20.5. The van der Waals surface area contributed by atoms with Crippen molar-refractivity contribution in [2.24, 2.45) is 10.8 Å². The van der Waals surface area contributed by atoms with E-state index in [2.05, 4.69) is 88.1 Å². The number of carboxylic acid groups (broad SMARTS) is 2. The summed E-state index contributed by atoms with van der Waals surface area (Å²) >= 11 is 22.0. The highest BCUT2D eigenvalue weighted by atomic mass is 35.5. The first-order valence-corrected chi connectivity index (χ1v) is 19.8. The number of nitrogens with two attached hydrogens (primary N) is 1. The van der Waals surface area contributed by atoms with E-state index in [0.29, 0.717) is 5.11 Å². The minimum atomic E-state index is -1.10. The normalized spacial score (nSPS) is 14.3. The molecule has 18 heteroatoms. The van der Waals surface area contributed by atoms with E-state index in [4.69, 9.17) is 63.7 Å². The summed E-state index contributed by atoms with van der Waals surface area (Å²) < 4.78 is 0. The Morgan fingerprint density at radius 2 is 1.25 bits per heavy atom. The van der Waals surface area contributed by atoms with E-state index < -0.39 is 11.9 Å². The second-order valence-corrected chi connectivity index (χ2v) is 14.6. The number of fused-ring (bicyclic) bond motifs is 4. The third-order valence-corrected chi connectivity index (χ3v) is 10.5. The van der Waals surface area contributed by atoms with Crippen LogP contribution in [0.25, 0.3) is 0 Å². The van der Waals surface area contributed by atoms with E-state index in [0.717, 1.165) is 36.8 Å². The first kappa shape index (κ1) is 43.2. The van der Waals surface area contributed by atoms with Crippen molar-refractivity contribution in [3.05, 3.63) is 176 Å². The zero-order valence-electron chi connectivity index (χ0n) is 31.5. The van der Waals surface area contributed by atoms with Crippen LogP contribution in [0.1, 0.15) is 77.3 Å². The van der Waals surface area contributed by atoms with Gasteiger partial charge in [0.15, 0.2) is 16.7 Å². The molecule has 0 saturated carbocycles. The number of nitrogen functional groups attached to an aromatic ring is 1. The molecule has 2 atom stereocenters. The lowest BCUT2D eigenvalue weighted by molar-refractivity contribution is 0.0685. The molecule has 0 amide bonds. The Bertz CT molecular complexity index is 2500. The molecular formula is C42H36Cl2N10O4S2. The minimum absolute atomic E-state index is 0.00502. The van der Waals surface area contributed by atoms with Gasteiger partial charge in [0.05, 0.1) is 32.4 Å². The number of hydrogen-bond donors (Lipinski definition) is 7. The molecule has 6 aromatic rings. The van der Waals surface area contributed by atoms with Gasteiger partial charge in [-0.05, 0) is 113 Å². The number of nitrogens with one attached hydrogen (secondary N) is 4. The van der Waals surface area contributed by atoms with Crippen LogP contribution in [0.2, 0.25) is 10.0 Å². The number of nitrogens with zero attached hydrogens (tertiary/aromatic N) is 5. The number of thiocarbonyl (C=S) groups is 2. The maximum absolute atomic E-state index is 11.0. The van der Waals surface area contributed by atoms with Crippen molar-refractivity contribution in [2.45, 2.75) is 37.8 Å². The van der Waals surface area contributed by atoms with Gasteiger partial charge in [-0.3, -0.25) is 20.8 Å². The molecule has 2 aromatic carbocycles. The molecule has 4 heterocycles. The lowest BCUT2D eigenvalue weighted by atomic mass is 9.96. The van der Waals surface area contributed by atoms with Gasteiger partial charge in [0.1, 0.15) is 6.04 Å². The van der Waals surface area contributed by atoms with Crippen molar-refractivity contribution < 1.29 is 19.8 Å². The summed E-state index contributed by atoms with van der Waals surface area (Å²) in [6, 6.07) is 23.2. The summed E-state index contributed by atoms with van der Waals surface area (Å²) in [6.07, 6.45) is 13.7. The molecule has 304 valence electrons. The Morgan fingerprint density at radius 1 is 0.717 bits per heavy atom. The summed E-state index contributed by atoms with van der Waals surface area (Å²) in [6.45, 7) is 0. The number of carbonyl (C=O) groups is 2. The van der Waals surface area contributed by atoms with E-state index in [1.807, 2.05) is 42.9 Å². The van der Waals surface area contributed by atoms with Crippen LogP contribution in [-0.4, -0.2) is 52.4 Å². The van der Waals surface area contributed by atoms with Crippen LogP contribution in [0.5, 0.6) is 0 Å². The maximum atomic E-state index is 11.0. The fourth-order valence-corrected chi connectivity index (χ4v) is 7.43. The van der Waals surface area contributed by atoms with Crippen molar-refractivity contribution in [2.75, 3.05) is 10.9 Å². The van der Waals surface area contributed by atoms with E-state index in [1.165, 1.54) is 57.9 Å². The van der Waals surface area contributed by atoms with Crippen LogP contribution in [0.3, 0.4) is 0 Å². The second-order valence-electron chi connectivity index (χ2n) is 13.2. The molecule has 8 rings (SSSR count). The van der Waals surface area contributed by atoms with Gasteiger partial charge in [-0.2, -0.15) is 0 Å². The Kier molecular flexibility index (Phi) is 14.8. The number of benzene rings is 2. The van der Waals surface area contributed by atoms with Gasteiger partial charge < -0.3 is 21.0 Å².